The molecule has 2 rings (SSSR count). The van der Waals surface area contributed by atoms with Crippen molar-refractivity contribution in [1.29, 1.82) is 0 Å². The van der Waals surface area contributed by atoms with Gasteiger partial charge in [0.25, 0.3) is 0 Å². The van der Waals surface area contributed by atoms with Gasteiger partial charge >= 0.3 is 0 Å². The van der Waals surface area contributed by atoms with Gasteiger partial charge < -0.3 is 4.90 Å². The Kier molecular flexibility index (Phi) is 4.68. The average Bonchev–Trinajstić information content (AvgIpc) is 2.42. The SMILES string of the molecule is CC(C)[C@H](NS(C)(=O)=O)C(=O)N1CCc2ccccc2C1. The van der Waals surface area contributed by atoms with Gasteiger partial charge in [-0.2, -0.15) is 0 Å². The Bertz CT molecular complexity index is 626. The highest BCUT2D eigenvalue weighted by atomic mass is 32.2. The van der Waals surface area contributed by atoms with Crippen molar-refractivity contribution in [3.8, 4) is 0 Å². The van der Waals surface area contributed by atoms with Gasteiger partial charge in [-0.15, -0.1) is 0 Å². The number of amides is 1. The van der Waals surface area contributed by atoms with Gasteiger partial charge in [0.1, 0.15) is 6.04 Å². The lowest BCUT2D eigenvalue weighted by atomic mass is 9.97. The fourth-order valence-corrected chi connectivity index (χ4v) is 3.42. The van der Waals surface area contributed by atoms with E-state index in [1.165, 1.54) is 5.56 Å². The largest absolute Gasteiger partial charge is 0.337 e. The normalized spacial score (nSPS) is 16.7. The lowest BCUT2D eigenvalue weighted by molar-refractivity contribution is -0.135. The first-order chi connectivity index (χ1) is 9.78. The summed E-state index contributed by atoms with van der Waals surface area (Å²) >= 11 is 0. The summed E-state index contributed by atoms with van der Waals surface area (Å²) in [5.74, 6) is -0.241. The minimum Gasteiger partial charge on any atom is -0.337 e. The van der Waals surface area contributed by atoms with Gasteiger partial charge in [0.2, 0.25) is 15.9 Å². The summed E-state index contributed by atoms with van der Waals surface area (Å²) in [6, 6.07) is 7.35. The molecule has 0 aromatic heterocycles. The van der Waals surface area contributed by atoms with Crippen LogP contribution in [0.15, 0.2) is 24.3 Å². The summed E-state index contributed by atoms with van der Waals surface area (Å²) in [7, 11) is -3.41. The van der Waals surface area contributed by atoms with Crippen molar-refractivity contribution in [3.63, 3.8) is 0 Å². The molecule has 0 saturated heterocycles. The molecule has 1 heterocycles. The second kappa shape index (κ2) is 6.15. The lowest BCUT2D eigenvalue weighted by Gasteiger charge is -2.33. The molecule has 0 unspecified atom stereocenters. The Labute approximate surface area is 126 Å². The van der Waals surface area contributed by atoms with Gasteiger partial charge in [-0.05, 0) is 23.5 Å². The van der Waals surface area contributed by atoms with Crippen LogP contribution in [0.25, 0.3) is 0 Å². The molecule has 1 aromatic rings. The fourth-order valence-electron chi connectivity index (χ4n) is 2.58. The molecule has 0 fully saturated rings. The molecule has 1 aliphatic rings. The highest BCUT2D eigenvalue weighted by molar-refractivity contribution is 7.88. The molecule has 116 valence electrons. The standard InChI is InChI=1S/C15H22N2O3S/c1-11(2)14(16-21(3,19)20)15(18)17-9-8-12-6-4-5-7-13(12)10-17/h4-7,11,14,16H,8-10H2,1-3H3/t14-/m0/s1. The first kappa shape index (κ1) is 16.0. The summed E-state index contributed by atoms with van der Waals surface area (Å²) in [6.45, 7) is 4.87. The smallest absolute Gasteiger partial charge is 0.241 e. The molecule has 5 nitrogen and oxygen atoms in total. The Balaban J connectivity index is 2.16. The van der Waals surface area contributed by atoms with Gasteiger partial charge in [-0.25, -0.2) is 13.1 Å². The zero-order chi connectivity index (χ0) is 15.6. The van der Waals surface area contributed by atoms with Crippen molar-refractivity contribution in [2.24, 2.45) is 5.92 Å². The lowest BCUT2D eigenvalue weighted by Crippen LogP contribution is -2.51. The van der Waals surface area contributed by atoms with Crippen molar-refractivity contribution in [2.75, 3.05) is 12.8 Å². The average molecular weight is 310 g/mol. The number of hydrogen-bond acceptors (Lipinski definition) is 3. The number of fused-ring (bicyclic) bond motifs is 1. The van der Waals surface area contributed by atoms with Gasteiger partial charge in [0, 0.05) is 13.1 Å². The van der Waals surface area contributed by atoms with Gasteiger partial charge in [0.05, 0.1) is 6.26 Å². The van der Waals surface area contributed by atoms with E-state index in [0.717, 1.165) is 18.2 Å². The minimum absolute atomic E-state index is 0.0932. The monoisotopic (exact) mass is 310 g/mol. The van der Waals surface area contributed by atoms with Crippen molar-refractivity contribution in [2.45, 2.75) is 32.9 Å². The minimum atomic E-state index is -3.41. The van der Waals surface area contributed by atoms with E-state index in [0.29, 0.717) is 13.1 Å². The zero-order valence-electron chi connectivity index (χ0n) is 12.7. The van der Waals surface area contributed by atoms with Crippen LogP contribution in [0, 0.1) is 5.92 Å². The summed E-state index contributed by atoms with van der Waals surface area (Å²) < 4.78 is 25.4. The molecular formula is C15H22N2O3S. The molecule has 21 heavy (non-hydrogen) atoms. The molecule has 1 N–H and O–H groups in total. The molecule has 0 saturated carbocycles. The van der Waals surface area contributed by atoms with E-state index in [-0.39, 0.29) is 11.8 Å². The number of carbonyl (C=O) groups excluding carboxylic acids is 1. The van der Waals surface area contributed by atoms with E-state index in [1.54, 1.807) is 4.90 Å². The molecule has 0 spiro atoms. The second-order valence-electron chi connectivity index (χ2n) is 5.89. The van der Waals surface area contributed by atoms with Crippen LogP contribution < -0.4 is 4.72 Å². The Hall–Kier alpha value is -1.40. The summed E-state index contributed by atoms with van der Waals surface area (Å²) in [5, 5.41) is 0. The summed E-state index contributed by atoms with van der Waals surface area (Å²) in [4.78, 5) is 14.4. The fraction of sp³-hybridized carbons (Fsp3) is 0.533. The Morgan fingerprint density at radius 3 is 2.43 bits per heavy atom. The van der Waals surface area contributed by atoms with Crippen LogP contribution in [0.1, 0.15) is 25.0 Å². The molecule has 0 bridgehead atoms. The van der Waals surface area contributed by atoms with E-state index in [2.05, 4.69) is 10.8 Å². The van der Waals surface area contributed by atoms with Crippen molar-refractivity contribution >= 4 is 15.9 Å². The van der Waals surface area contributed by atoms with Crippen LogP contribution in [0.5, 0.6) is 0 Å². The third-order valence-corrected chi connectivity index (χ3v) is 4.40. The van der Waals surface area contributed by atoms with E-state index in [9.17, 15) is 13.2 Å². The predicted molar refractivity (Wildman–Crippen MR) is 82.2 cm³/mol. The zero-order valence-corrected chi connectivity index (χ0v) is 13.5. The first-order valence-electron chi connectivity index (χ1n) is 7.11. The number of carbonyl (C=O) groups is 1. The van der Waals surface area contributed by atoms with Crippen LogP contribution in [-0.2, 0) is 27.8 Å². The van der Waals surface area contributed by atoms with Crippen molar-refractivity contribution in [3.05, 3.63) is 35.4 Å². The third-order valence-electron chi connectivity index (χ3n) is 3.72. The van der Waals surface area contributed by atoms with Gasteiger partial charge in [-0.3, -0.25) is 4.79 Å². The Morgan fingerprint density at radius 1 is 1.24 bits per heavy atom. The number of rotatable bonds is 4. The maximum atomic E-state index is 12.6. The number of nitrogens with zero attached hydrogens (tertiary/aromatic N) is 1. The number of sulfonamides is 1. The predicted octanol–water partition coefficient (Wildman–Crippen LogP) is 1.15. The van der Waals surface area contributed by atoms with E-state index >= 15 is 0 Å². The van der Waals surface area contributed by atoms with Crippen LogP contribution in [0.3, 0.4) is 0 Å². The number of benzene rings is 1. The topological polar surface area (TPSA) is 66.5 Å². The highest BCUT2D eigenvalue weighted by Crippen LogP contribution is 2.20. The van der Waals surface area contributed by atoms with Gasteiger partial charge in [-0.1, -0.05) is 38.1 Å². The van der Waals surface area contributed by atoms with Crippen LogP contribution in [-0.4, -0.2) is 38.1 Å². The van der Waals surface area contributed by atoms with Crippen LogP contribution in [0.4, 0.5) is 0 Å². The van der Waals surface area contributed by atoms with E-state index < -0.39 is 16.1 Å². The maximum absolute atomic E-state index is 12.6. The second-order valence-corrected chi connectivity index (χ2v) is 7.67. The first-order valence-corrected chi connectivity index (χ1v) is 9.00. The number of hydrogen-bond donors (Lipinski definition) is 1. The Morgan fingerprint density at radius 2 is 1.86 bits per heavy atom. The number of nitrogens with one attached hydrogen (secondary N) is 1. The van der Waals surface area contributed by atoms with Gasteiger partial charge in [0.15, 0.2) is 0 Å². The molecule has 0 aliphatic carbocycles. The van der Waals surface area contributed by atoms with Crippen molar-refractivity contribution < 1.29 is 13.2 Å². The molecule has 1 aromatic carbocycles. The molecule has 1 amide bonds. The third kappa shape index (κ3) is 4.04. The van der Waals surface area contributed by atoms with Crippen LogP contribution >= 0.6 is 0 Å². The maximum Gasteiger partial charge on any atom is 0.241 e. The highest BCUT2D eigenvalue weighted by Gasteiger charge is 2.31. The molecule has 1 aliphatic heterocycles. The van der Waals surface area contributed by atoms with E-state index in [4.69, 9.17) is 0 Å². The quantitative estimate of drug-likeness (QED) is 0.907. The molecule has 0 radical (unpaired) electrons. The van der Waals surface area contributed by atoms with E-state index in [1.807, 2.05) is 32.0 Å². The van der Waals surface area contributed by atoms with Crippen LogP contribution in [0.2, 0.25) is 0 Å². The summed E-state index contributed by atoms with van der Waals surface area (Å²) in [6.07, 6.45) is 1.90. The van der Waals surface area contributed by atoms with Crippen molar-refractivity contribution in [1.82, 2.24) is 9.62 Å². The molecular weight excluding hydrogens is 288 g/mol. The molecule has 1 atom stereocenters. The summed E-state index contributed by atoms with van der Waals surface area (Å²) in [5.41, 5.74) is 2.40. The molecule has 6 heteroatoms.